The summed E-state index contributed by atoms with van der Waals surface area (Å²) < 4.78 is 27.5. The third-order valence-electron chi connectivity index (χ3n) is 3.95. The molecule has 7 heteroatoms. The zero-order chi connectivity index (χ0) is 17.4. The van der Waals surface area contributed by atoms with Crippen LogP contribution in [0.25, 0.3) is 33.5 Å². The topological polar surface area (TPSA) is 80.5 Å². The molecule has 0 radical (unpaired) electrons. The van der Waals surface area contributed by atoms with Crippen LogP contribution in [0.3, 0.4) is 0 Å². The molecule has 0 saturated carbocycles. The van der Waals surface area contributed by atoms with Crippen molar-refractivity contribution in [2.45, 2.75) is 6.43 Å². The van der Waals surface area contributed by atoms with Gasteiger partial charge >= 0.3 is 0 Å². The number of anilines is 1. The predicted octanol–water partition coefficient (Wildman–Crippen LogP) is 4.21. The maximum atomic E-state index is 13.7. The average Bonchev–Trinajstić information content (AvgIpc) is 3.06. The second-order valence-corrected chi connectivity index (χ2v) is 5.56. The Morgan fingerprint density at radius 2 is 1.84 bits per heavy atom. The Morgan fingerprint density at radius 1 is 1.04 bits per heavy atom. The molecule has 0 aliphatic carbocycles. The number of benzene rings is 1. The number of aromatic amines is 1. The van der Waals surface area contributed by atoms with E-state index in [1.54, 1.807) is 48.8 Å². The van der Waals surface area contributed by atoms with Gasteiger partial charge in [0.05, 0.1) is 16.8 Å². The first kappa shape index (κ1) is 15.2. The van der Waals surface area contributed by atoms with Gasteiger partial charge in [0.25, 0.3) is 6.43 Å². The molecule has 5 nitrogen and oxygen atoms in total. The van der Waals surface area contributed by atoms with Crippen molar-refractivity contribution in [2.75, 3.05) is 5.73 Å². The van der Waals surface area contributed by atoms with Crippen molar-refractivity contribution < 1.29 is 8.78 Å². The summed E-state index contributed by atoms with van der Waals surface area (Å²) in [7, 11) is 0. The minimum absolute atomic E-state index is 0.121. The van der Waals surface area contributed by atoms with E-state index >= 15 is 0 Å². The van der Waals surface area contributed by atoms with E-state index in [1.165, 1.54) is 6.07 Å². The van der Waals surface area contributed by atoms with Crippen LogP contribution in [0.15, 0.2) is 54.9 Å². The Labute approximate surface area is 141 Å². The summed E-state index contributed by atoms with van der Waals surface area (Å²) in [5.41, 5.74) is 8.67. The molecule has 0 unspecified atom stereocenters. The number of nitrogens with zero attached hydrogens (tertiary/aromatic N) is 3. The zero-order valence-electron chi connectivity index (χ0n) is 12.9. The van der Waals surface area contributed by atoms with Crippen LogP contribution in [0.5, 0.6) is 0 Å². The molecule has 0 amide bonds. The van der Waals surface area contributed by atoms with Gasteiger partial charge in [0.2, 0.25) is 0 Å². The number of H-pyrrole nitrogens is 1. The molecule has 3 N–H and O–H groups in total. The summed E-state index contributed by atoms with van der Waals surface area (Å²) in [5, 5.41) is 7.23. The largest absolute Gasteiger partial charge is 0.399 e. The molecule has 0 spiro atoms. The number of nitrogen functional groups attached to an aromatic ring is 1. The number of nitrogens with two attached hydrogens (primary N) is 1. The van der Waals surface area contributed by atoms with E-state index in [9.17, 15) is 8.78 Å². The van der Waals surface area contributed by atoms with Crippen molar-refractivity contribution in [2.24, 2.45) is 0 Å². The summed E-state index contributed by atoms with van der Waals surface area (Å²) >= 11 is 0. The number of rotatable bonds is 3. The Kier molecular flexibility index (Phi) is 3.61. The van der Waals surface area contributed by atoms with Crippen LogP contribution in [-0.2, 0) is 0 Å². The quantitative estimate of drug-likeness (QED) is 0.549. The number of aromatic nitrogens is 4. The van der Waals surface area contributed by atoms with Crippen molar-refractivity contribution in [1.82, 2.24) is 20.2 Å². The third-order valence-corrected chi connectivity index (χ3v) is 3.95. The van der Waals surface area contributed by atoms with Gasteiger partial charge in [-0.05, 0) is 30.3 Å². The molecule has 124 valence electrons. The van der Waals surface area contributed by atoms with E-state index in [0.717, 1.165) is 0 Å². The molecule has 0 saturated heterocycles. The number of alkyl halides is 2. The Hall–Kier alpha value is -3.35. The lowest BCUT2D eigenvalue weighted by molar-refractivity contribution is 0.153. The van der Waals surface area contributed by atoms with Crippen molar-refractivity contribution in [3.8, 4) is 22.5 Å². The fourth-order valence-electron chi connectivity index (χ4n) is 2.75. The van der Waals surface area contributed by atoms with E-state index in [1.807, 2.05) is 0 Å². The number of nitrogens with one attached hydrogen (secondary N) is 1. The second-order valence-electron chi connectivity index (χ2n) is 5.56. The highest BCUT2D eigenvalue weighted by Gasteiger charge is 2.21. The summed E-state index contributed by atoms with van der Waals surface area (Å²) in [5.74, 6) is 0. The van der Waals surface area contributed by atoms with Crippen LogP contribution in [0.4, 0.5) is 14.5 Å². The SMILES string of the molecule is Nc1ccc(-c2cc(C(F)F)c3c(-c4cccnc4)[nH]nc3n2)cc1. The highest BCUT2D eigenvalue weighted by atomic mass is 19.3. The highest BCUT2D eigenvalue weighted by molar-refractivity contribution is 5.95. The van der Waals surface area contributed by atoms with Gasteiger partial charge in [-0.3, -0.25) is 10.1 Å². The Morgan fingerprint density at radius 3 is 2.52 bits per heavy atom. The average molecular weight is 337 g/mol. The number of hydrogen-bond acceptors (Lipinski definition) is 4. The van der Waals surface area contributed by atoms with Gasteiger partial charge in [-0.2, -0.15) is 5.10 Å². The minimum atomic E-state index is -2.66. The molecule has 3 aromatic heterocycles. The first-order chi connectivity index (χ1) is 12.1. The summed E-state index contributed by atoms with van der Waals surface area (Å²) in [6.45, 7) is 0. The van der Waals surface area contributed by atoms with Crippen molar-refractivity contribution in [1.29, 1.82) is 0 Å². The molecule has 0 bridgehead atoms. The maximum absolute atomic E-state index is 13.7. The molecule has 3 heterocycles. The van der Waals surface area contributed by atoms with Gasteiger partial charge < -0.3 is 5.73 Å². The highest BCUT2D eigenvalue weighted by Crippen LogP contribution is 2.35. The van der Waals surface area contributed by atoms with Crippen molar-refractivity contribution >= 4 is 16.7 Å². The van der Waals surface area contributed by atoms with Crippen molar-refractivity contribution in [3.63, 3.8) is 0 Å². The molecule has 0 atom stereocenters. The van der Waals surface area contributed by atoms with Crippen LogP contribution >= 0.6 is 0 Å². The Bertz CT molecular complexity index is 1030. The molecule has 0 aliphatic rings. The predicted molar refractivity (Wildman–Crippen MR) is 91.9 cm³/mol. The van der Waals surface area contributed by atoms with E-state index in [4.69, 9.17) is 5.73 Å². The molecule has 1 aromatic carbocycles. The molecule has 25 heavy (non-hydrogen) atoms. The number of halogens is 2. The van der Waals surface area contributed by atoms with E-state index in [-0.39, 0.29) is 11.2 Å². The Balaban J connectivity index is 1.95. The molecule has 0 aliphatic heterocycles. The fourth-order valence-corrected chi connectivity index (χ4v) is 2.75. The van der Waals surface area contributed by atoms with Crippen molar-refractivity contribution in [3.05, 3.63) is 60.4 Å². The number of fused-ring (bicyclic) bond motifs is 1. The smallest absolute Gasteiger partial charge is 0.264 e. The van der Waals surface area contributed by atoms with Crippen LogP contribution in [0.1, 0.15) is 12.0 Å². The minimum Gasteiger partial charge on any atom is -0.399 e. The fraction of sp³-hybridized carbons (Fsp3) is 0.0556. The van der Waals surface area contributed by atoms with Gasteiger partial charge in [-0.1, -0.05) is 12.1 Å². The lowest BCUT2D eigenvalue weighted by Crippen LogP contribution is -1.94. The van der Waals surface area contributed by atoms with Gasteiger partial charge in [0, 0.05) is 34.8 Å². The van der Waals surface area contributed by atoms with E-state index < -0.39 is 6.43 Å². The normalized spacial score (nSPS) is 11.3. The summed E-state index contributed by atoms with van der Waals surface area (Å²) in [6, 6.07) is 11.8. The van der Waals surface area contributed by atoms with Crippen LogP contribution < -0.4 is 5.73 Å². The molecule has 4 aromatic rings. The first-order valence-electron chi connectivity index (χ1n) is 7.57. The molecule has 0 fully saturated rings. The maximum Gasteiger partial charge on any atom is 0.264 e. The monoisotopic (exact) mass is 337 g/mol. The van der Waals surface area contributed by atoms with Crippen LogP contribution in [-0.4, -0.2) is 20.2 Å². The van der Waals surface area contributed by atoms with Gasteiger partial charge in [-0.25, -0.2) is 13.8 Å². The lowest BCUT2D eigenvalue weighted by Gasteiger charge is -2.08. The molecular formula is C18H13F2N5. The zero-order valence-corrected chi connectivity index (χ0v) is 12.9. The van der Waals surface area contributed by atoms with Crippen LogP contribution in [0.2, 0.25) is 0 Å². The van der Waals surface area contributed by atoms with Gasteiger partial charge in [0.15, 0.2) is 5.65 Å². The summed E-state index contributed by atoms with van der Waals surface area (Å²) in [6.07, 6.45) is 0.551. The van der Waals surface area contributed by atoms with Gasteiger partial charge in [-0.15, -0.1) is 0 Å². The second kappa shape index (κ2) is 5.94. The van der Waals surface area contributed by atoms with E-state index in [2.05, 4.69) is 20.2 Å². The molecule has 4 rings (SSSR count). The molecular weight excluding hydrogens is 324 g/mol. The lowest BCUT2D eigenvalue weighted by atomic mass is 10.0. The number of hydrogen-bond donors (Lipinski definition) is 2. The third kappa shape index (κ3) is 2.69. The van der Waals surface area contributed by atoms with Crippen LogP contribution in [0, 0.1) is 0 Å². The number of pyridine rings is 2. The standard InChI is InChI=1S/C18H13F2N5/c19-17(20)13-8-14(10-3-5-12(21)6-4-10)23-18-15(13)16(24-25-18)11-2-1-7-22-9-11/h1-9,17H,21H2,(H,23,24,25). The summed E-state index contributed by atoms with van der Waals surface area (Å²) in [4.78, 5) is 8.46. The van der Waals surface area contributed by atoms with E-state index in [0.29, 0.717) is 33.6 Å². The van der Waals surface area contributed by atoms with Gasteiger partial charge in [0.1, 0.15) is 0 Å². The first-order valence-corrected chi connectivity index (χ1v) is 7.57.